The van der Waals surface area contributed by atoms with Crippen LogP contribution in [0, 0.1) is 13.8 Å². The summed E-state index contributed by atoms with van der Waals surface area (Å²) in [6, 6.07) is 15.9. The zero-order valence-corrected chi connectivity index (χ0v) is 14.5. The monoisotopic (exact) mass is 337 g/mol. The van der Waals surface area contributed by atoms with Crippen molar-refractivity contribution in [1.29, 1.82) is 0 Å². The fourth-order valence-electron chi connectivity index (χ4n) is 2.48. The van der Waals surface area contributed by atoms with Crippen LogP contribution in [0.5, 0.6) is 0 Å². The van der Waals surface area contributed by atoms with Crippen molar-refractivity contribution in [2.45, 2.75) is 13.8 Å². The Labute approximate surface area is 146 Å². The number of para-hydroxylation sites is 2. The van der Waals surface area contributed by atoms with Crippen molar-refractivity contribution in [2.75, 3.05) is 5.32 Å². The van der Waals surface area contributed by atoms with E-state index in [1.54, 1.807) is 0 Å². The van der Waals surface area contributed by atoms with E-state index in [4.69, 9.17) is 16.6 Å². The van der Waals surface area contributed by atoms with Gasteiger partial charge in [-0.25, -0.2) is 0 Å². The third-order valence-electron chi connectivity index (χ3n) is 3.77. The van der Waals surface area contributed by atoms with Crippen LogP contribution in [0.25, 0.3) is 16.7 Å². The minimum atomic E-state index is 0.463. The number of thiocarbonyl (C=S) groups is 1. The molecule has 0 unspecified atom stereocenters. The van der Waals surface area contributed by atoms with Crippen LogP contribution in [0.4, 0.5) is 5.69 Å². The molecule has 0 saturated carbocycles. The van der Waals surface area contributed by atoms with Gasteiger partial charge in [-0.1, -0.05) is 43.0 Å². The molecule has 2 aromatic carbocycles. The van der Waals surface area contributed by atoms with E-state index in [2.05, 4.69) is 22.7 Å². The number of benzene rings is 2. The van der Waals surface area contributed by atoms with E-state index in [0.717, 1.165) is 27.8 Å². The Balaban J connectivity index is 1.62. The van der Waals surface area contributed by atoms with E-state index in [1.807, 2.05) is 62.4 Å². The van der Waals surface area contributed by atoms with Gasteiger partial charge >= 0.3 is 0 Å². The van der Waals surface area contributed by atoms with Crippen molar-refractivity contribution in [3.8, 4) is 0 Å². The zero-order chi connectivity index (χ0) is 17.1. The number of nitrogens with one attached hydrogen (secondary N) is 3. The molecule has 24 heavy (non-hydrogen) atoms. The molecule has 4 nitrogen and oxygen atoms in total. The highest BCUT2D eigenvalue weighted by molar-refractivity contribution is 7.80. The van der Waals surface area contributed by atoms with E-state index in [9.17, 15) is 0 Å². The first-order valence-corrected chi connectivity index (χ1v) is 8.02. The number of fused-ring (bicyclic) bond motifs is 1. The lowest BCUT2D eigenvalue weighted by Gasteiger charge is -2.16. The van der Waals surface area contributed by atoms with Crippen molar-refractivity contribution < 1.29 is 4.42 Å². The first-order chi connectivity index (χ1) is 11.5. The summed E-state index contributed by atoms with van der Waals surface area (Å²) in [6.07, 6.45) is 0. The van der Waals surface area contributed by atoms with E-state index >= 15 is 0 Å². The van der Waals surface area contributed by atoms with Crippen LogP contribution < -0.4 is 16.2 Å². The number of hydrazine groups is 1. The normalized spacial score (nSPS) is 10.4. The summed E-state index contributed by atoms with van der Waals surface area (Å²) in [5, 5.41) is 4.69. The Hall–Kier alpha value is -2.79. The first-order valence-electron chi connectivity index (χ1n) is 7.61. The zero-order valence-electron chi connectivity index (χ0n) is 13.6. The van der Waals surface area contributed by atoms with E-state index in [1.165, 1.54) is 0 Å². The first kappa shape index (κ1) is 16.1. The summed E-state index contributed by atoms with van der Waals surface area (Å²) in [7, 11) is 0. The third kappa shape index (κ3) is 3.41. The van der Waals surface area contributed by atoms with Gasteiger partial charge in [0.05, 0.1) is 5.70 Å². The average Bonchev–Trinajstić information content (AvgIpc) is 3.00. The van der Waals surface area contributed by atoms with Crippen LogP contribution >= 0.6 is 12.2 Å². The van der Waals surface area contributed by atoms with Crippen molar-refractivity contribution in [3.63, 3.8) is 0 Å². The van der Waals surface area contributed by atoms with Gasteiger partial charge in [0.15, 0.2) is 10.9 Å². The maximum absolute atomic E-state index is 5.75. The van der Waals surface area contributed by atoms with Crippen LogP contribution in [0.15, 0.2) is 59.5 Å². The highest BCUT2D eigenvalue weighted by atomic mass is 32.1. The molecule has 0 aliphatic heterocycles. The Kier molecular flexibility index (Phi) is 4.53. The van der Waals surface area contributed by atoms with Crippen molar-refractivity contribution in [1.82, 2.24) is 10.9 Å². The van der Waals surface area contributed by atoms with E-state index < -0.39 is 0 Å². The maximum Gasteiger partial charge on any atom is 0.189 e. The lowest BCUT2D eigenvalue weighted by Crippen LogP contribution is -2.39. The molecule has 122 valence electrons. The summed E-state index contributed by atoms with van der Waals surface area (Å²) in [4.78, 5) is 0. The fourth-order valence-corrected chi connectivity index (χ4v) is 2.63. The van der Waals surface area contributed by atoms with Gasteiger partial charge in [-0.3, -0.25) is 10.9 Å². The molecule has 3 rings (SSSR count). The average molecular weight is 337 g/mol. The topological polar surface area (TPSA) is 49.2 Å². The van der Waals surface area contributed by atoms with Crippen molar-refractivity contribution in [3.05, 3.63) is 72.0 Å². The number of hydrogen-bond acceptors (Lipinski definition) is 3. The molecule has 0 aliphatic carbocycles. The molecular weight excluding hydrogens is 318 g/mol. The second-order valence-corrected chi connectivity index (χ2v) is 6.01. The van der Waals surface area contributed by atoms with Gasteiger partial charge in [-0.05, 0) is 49.3 Å². The minimum Gasteiger partial charge on any atom is -0.454 e. The summed E-state index contributed by atoms with van der Waals surface area (Å²) in [6.45, 7) is 8.06. The van der Waals surface area contributed by atoms with Gasteiger partial charge in [-0.15, -0.1) is 0 Å². The number of hydrogen-bond donors (Lipinski definition) is 3. The van der Waals surface area contributed by atoms with Crippen molar-refractivity contribution in [2.24, 2.45) is 0 Å². The van der Waals surface area contributed by atoms with Gasteiger partial charge in [0.1, 0.15) is 5.58 Å². The second kappa shape index (κ2) is 6.76. The highest BCUT2D eigenvalue weighted by Crippen LogP contribution is 2.22. The Morgan fingerprint density at radius 3 is 2.42 bits per heavy atom. The van der Waals surface area contributed by atoms with Crippen LogP contribution in [0.3, 0.4) is 0 Å². The molecule has 0 saturated heterocycles. The highest BCUT2D eigenvalue weighted by Gasteiger charge is 2.08. The van der Waals surface area contributed by atoms with Crippen LogP contribution in [0.1, 0.15) is 16.9 Å². The number of rotatable bonds is 4. The van der Waals surface area contributed by atoms with Gasteiger partial charge in [0.2, 0.25) is 0 Å². The maximum atomic E-state index is 5.75. The van der Waals surface area contributed by atoms with Gasteiger partial charge < -0.3 is 9.73 Å². The lowest BCUT2D eigenvalue weighted by atomic mass is 10.1. The fraction of sp³-hybridized carbons (Fsp3) is 0.105. The number of aryl methyl sites for hydroxylation is 2. The summed E-state index contributed by atoms with van der Waals surface area (Å²) in [5.41, 5.74) is 10.6. The second-order valence-electron chi connectivity index (χ2n) is 5.60. The minimum absolute atomic E-state index is 0.463. The summed E-state index contributed by atoms with van der Waals surface area (Å²) in [5.74, 6) is 0.665. The molecule has 3 N–H and O–H groups in total. The number of anilines is 1. The van der Waals surface area contributed by atoms with Crippen LogP contribution in [-0.2, 0) is 0 Å². The molecule has 0 atom stereocenters. The molecule has 1 heterocycles. The molecule has 0 radical (unpaired) electrons. The van der Waals surface area contributed by atoms with Gasteiger partial charge in [0, 0.05) is 11.1 Å². The van der Waals surface area contributed by atoms with E-state index in [-0.39, 0.29) is 0 Å². The summed E-state index contributed by atoms with van der Waals surface area (Å²) >= 11 is 5.33. The largest absolute Gasteiger partial charge is 0.454 e. The molecule has 0 aliphatic rings. The molecule has 0 bridgehead atoms. The molecule has 1 aromatic heterocycles. The molecule has 0 amide bonds. The molecule has 0 fully saturated rings. The standard InChI is InChI=1S/C19H19N3OS/c1-12-7-6-8-13(2)18(12)20-19(24)22-21-14(3)17-11-15-9-4-5-10-16(15)23-17/h4-11,21H,3H2,1-2H3,(H2,20,22,24). The summed E-state index contributed by atoms with van der Waals surface area (Å²) < 4.78 is 5.75. The van der Waals surface area contributed by atoms with Crippen LogP contribution in [0.2, 0.25) is 0 Å². The van der Waals surface area contributed by atoms with Crippen molar-refractivity contribution >= 4 is 39.7 Å². The molecule has 5 heteroatoms. The predicted molar refractivity (Wildman–Crippen MR) is 104 cm³/mol. The van der Waals surface area contributed by atoms with Gasteiger partial charge in [-0.2, -0.15) is 0 Å². The Bertz CT molecular complexity index is 861. The Morgan fingerprint density at radius 2 is 1.71 bits per heavy atom. The number of furan rings is 1. The molecular formula is C19H19N3OS. The third-order valence-corrected chi connectivity index (χ3v) is 3.97. The predicted octanol–water partition coefficient (Wildman–Crippen LogP) is 4.51. The molecule has 3 aromatic rings. The van der Waals surface area contributed by atoms with Gasteiger partial charge in [0.25, 0.3) is 0 Å². The molecule has 0 spiro atoms. The SMILES string of the molecule is C=C(NNC(=S)Nc1c(C)cccc1C)c1cc2ccccc2o1. The van der Waals surface area contributed by atoms with E-state index in [0.29, 0.717) is 16.6 Å². The van der Waals surface area contributed by atoms with Crippen LogP contribution in [-0.4, -0.2) is 5.11 Å². The Morgan fingerprint density at radius 1 is 1.00 bits per heavy atom. The smallest absolute Gasteiger partial charge is 0.189 e. The quantitative estimate of drug-likeness (QED) is 0.483. The lowest BCUT2D eigenvalue weighted by molar-refractivity contribution is 0.590.